The number of nitrogen functional groups attached to an aromatic ring is 1. The average Bonchev–Trinajstić information content (AvgIpc) is 3.23. The van der Waals surface area contributed by atoms with E-state index in [1.54, 1.807) is 29.2 Å². The zero-order valence-electron chi connectivity index (χ0n) is 15.2. The molecule has 0 aromatic heterocycles. The fourth-order valence-electron chi connectivity index (χ4n) is 4.20. The van der Waals surface area contributed by atoms with Crippen LogP contribution in [-0.2, 0) is 16.3 Å². The molecule has 2 aromatic carbocycles. The summed E-state index contributed by atoms with van der Waals surface area (Å²) in [5.41, 5.74) is 9.14. The molecule has 0 unspecified atom stereocenters. The lowest BCUT2D eigenvalue weighted by Crippen LogP contribution is -2.35. The predicted molar refractivity (Wildman–Crippen MR) is 107 cm³/mol. The van der Waals surface area contributed by atoms with Crippen molar-refractivity contribution in [3.63, 3.8) is 0 Å². The number of nitrogens with two attached hydrogens (primary N) is 1. The number of amides is 1. The van der Waals surface area contributed by atoms with Crippen molar-refractivity contribution in [3.05, 3.63) is 53.6 Å². The Bertz CT molecular complexity index is 961. The number of hydrogen-bond acceptors (Lipinski definition) is 4. The largest absolute Gasteiger partial charge is 0.398 e. The molecule has 0 spiro atoms. The van der Waals surface area contributed by atoms with Crippen molar-refractivity contribution < 1.29 is 13.2 Å². The Kier molecular flexibility index (Phi) is 4.68. The third kappa shape index (κ3) is 3.23. The monoisotopic (exact) mass is 384 g/mol. The Morgan fingerprint density at radius 2 is 1.70 bits per heavy atom. The topological polar surface area (TPSA) is 80.5 Å². The van der Waals surface area contributed by atoms with Crippen LogP contribution in [0.3, 0.4) is 0 Å². The van der Waals surface area contributed by atoms with E-state index in [4.69, 9.17) is 5.73 Å². The first kappa shape index (κ1) is 18.0. The molecule has 1 aliphatic carbocycles. The van der Waals surface area contributed by atoms with Gasteiger partial charge in [0.1, 0.15) is 0 Å². The normalized spacial score (nSPS) is 17.7. The van der Waals surface area contributed by atoms with Crippen molar-refractivity contribution in [2.75, 3.05) is 17.2 Å². The number of hydrogen-bond donors (Lipinski definition) is 1. The highest BCUT2D eigenvalue weighted by molar-refractivity contribution is 7.92. The lowest BCUT2D eigenvalue weighted by atomic mass is 9.99. The molecule has 2 aromatic rings. The lowest BCUT2D eigenvalue weighted by molar-refractivity contribution is 0.0985. The van der Waals surface area contributed by atoms with E-state index in [0.29, 0.717) is 22.7 Å². The molecule has 1 amide bonds. The van der Waals surface area contributed by atoms with Crippen molar-refractivity contribution in [3.8, 4) is 0 Å². The van der Waals surface area contributed by atoms with Crippen LogP contribution in [0.5, 0.6) is 0 Å². The van der Waals surface area contributed by atoms with Crippen LogP contribution in [0.15, 0.2) is 47.4 Å². The lowest BCUT2D eigenvalue weighted by Gasteiger charge is -2.30. The predicted octanol–water partition coefficient (Wildman–Crippen LogP) is 3.58. The molecule has 1 fully saturated rings. The van der Waals surface area contributed by atoms with E-state index in [1.807, 2.05) is 18.2 Å². The summed E-state index contributed by atoms with van der Waals surface area (Å²) in [6, 6.07) is 12.0. The molecular weight excluding hydrogens is 360 g/mol. The van der Waals surface area contributed by atoms with Gasteiger partial charge in [-0.05, 0) is 67.6 Å². The van der Waals surface area contributed by atoms with Gasteiger partial charge in [0.25, 0.3) is 5.91 Å². The Balaban J connectivity index is 1.60. The minimum absolute atomic E-state index is 0.119. The van der Waals surface area contributed by atoms with E-state index in [9.17, 15) is 13.2 Å². The quantitative estimate of drug-likeness (QED) is 0.820. The molecule has 0 saturated heterocycles. The van der Waals surface area contributed by atoms with Gasteiger partial charge in [0.05, 0.1) is 10.1 Å². The van der Waals surface area contributed by atoms with Gasteiger partial charge in [-0.15, -0.1) is 0 Å². The summed E-state index contributed by atoms with van der Waals surface area (Å²) in [5.74, 6) is -0.119. The Hall–Kier alpha value is -2.34. The SMILES string of the molecule is Nc1cccc2c1CCCN2C(=O)c1ccc(S(=O)(=O)C2CCCC2)cc1. The summed E-state index contributed by atoms with van der Waals surface area (Å²) in [7, 11) is -3.30. The van der Waals surface area contributed by atoms with Crippen LogP contribution in [0.25, 0.3) is 0 Å². The number of benzene rings is 2. The number of fused-ring (bicyclic) bond motifs is 1. The Morgan fingerprint density at radius 3 is 2.41 bits per heavy atom. The number of anilines is 2. The van der Waals surface area contributed by atoms with E-state index < -0.39 is 9.84 Å². The summed E-state index contributed by atoms with van der Waals surface area (Å²) in [5, 5.41) is -0.281. The molecule has 27 heavy (non-hydrogen) atoms. The molecule has 1 heterocycles. The number of carbonyl (C=O) groups excluding carboxylic acids is 1. The molecule has 5 nitrogen and oxygen atoms in total. The summed E-state index contributed by atoms with van der Waals surface area (Å²) < 4.78 is 25.4. The van der Waals surface area contributed by atoms with Crippen molar-refractivity contribution in [1.82, 2.24) is 0 Å². The number of carbonyl (C=O) groups is 1. The van der Waals surface area contributed by atoms with Crippen LogP contribution in [0, 0.1) is 0 Å². The second-order valence-corrected chi connectivity index (χ2v) is 9.61. The van der Waals surface area contributed by atoms with Gasteiger partial charge in [0, 0.05) is 23.5 Å². The average molecular weight is 385 g/mol. The second-order valence-electron chi connectivity index (χ2n) is 7.38. The van der Waals surface area contributed by atoms with Crippen LogP contribution in [0.4, 0.5) is 11.4 Å². The zero-order chi connectivity index (χ0) is 19.0. The highest BCUT2D eigenvalue weighted by Gasteiger charge is 2.31. The van der Waals surface area contributed by atoms with Gasteiger partial charge in [-0.25, -0.2) is 8.42 Å². The third-order valence-electron chi connectivity index (χ3n) is 5.70. The van der Waals surface area contributed by atoms with Gasteiger partial charge in [0.15, 0.2) is 9.84 Å². The standard InChI is InChI=1S/C21H24N2O3S/c22-19-8-3-9-20-18(19)7-4-14-23(20)21(24)15-10-12-17(13-11-15)27(25,26)16-5-1-2-6-16/h3,8-13,16H,1-2,4-7,14,22H2. The number of rotatable bonds is 3. The molecule has 2 N–H and O–H groups in total. The first-order chi connectivity index (χ1) is 13.0. The fraction of sp³-hybridized carbons (Fsp3) is 0.381. The summed E-state index contributed by atoms with van der Waals surface area (Å²) in [6.45, 7) is 0.636. The molecule has 0 bridgehead atoms. The molecule has 0 atom stereocenters. The molecule has 6 heteroatoms. The van der Waals surface area contributed by atoms with Crippen LogP contribution in [-0.4, -0.2) is 26.1 Å². The smallest absolute Gasteiger partial charge is 0.258 e. The Labute approximate surface area is 160 Å². The first-order valence-electron chi connectivity index (χ1n) is 9.51. The maximum Gasteiger partial charge on any atom is 0.258 e. The second kappa shape index (κ2) is 7.00. The third-order valence-corrected chi connectivity index (χ3v) is 7.98. The minimum Gasteiger partial charge on any atom is -0.398 e. The van der Waals surface area contributed by atoms with Gasteiger partial charge < -0.3 is 10.6 Å². The summed E-state index contributed by atoms with van der Waals surface area (Å²) >= 11 is 0. The first-order valence-corrected chi connectivity index (χ1v) is 11.1. The molecular formula is C21H24N2O3S. The molecule has 1 aliphatic heterocycles. The van der Waals surface area contributed by atoms with E-state index in [2.05, 4.69) is 0 Å². The van der Waals surface area contributed by atoms with Gasteiger partial charge >= 0.3 is 0 Å². The van der Waals surface area contributed by atoms with Gasteiger partial charge in [-0.1, -0.05) is 18.9 Å². The maximum atomic E-state index is 13.0. The molecule has 1 saturated carbocycles. The van der Waals surface area contributed by atoms with E-state index in [0.717, 1.165) is 49.8 Å². The number of nitrogens with zero attached hydrogens (tertiary/aromatic N) is 1. The number of sulfone groups is 1. The highest BCUT2D eigenvalue weighted by Crippen LogP contribution is 2.33. The van der Waals surface area contributed by atoms with E-state index >= 15 is 0 Å². The fourth-order valence-corrected chi connectivity index (χ4v) is 6.05. The van der Waals surface area contributed by atoms with Crippen molar-refractivity contribution in [2.24, 2.45) is 0 Å². The Morgan fingerprint density at radius 1 is 1.00 bits per heavy atom. The van der Waals surface area contributed by atoms with Crippen LogP contribution in [0.1, 0.15) is 48.0 Å². The summed E-state index contributed by atoms with van der Waals surface area (Å²) in [6.07, 6.45) is 5.13. The minimum atomic E-state index is -3.30. The maximum absolute atomic E-state index is 13.0. The van der Waals surface area contributed by atoms with Gasteiger partial charge in [0.2, 0.25) is 0 Å². The molecule has 142 valence electrons. The molecule has 4 rings (SSSR count). The van der Waals surface area contributed by atoms with Gasteiger partial charge in [-0.2, -0.15) is 0 Å². The van der Waals surface area contributed by atoms with Crippen LogP contribution < -0.4 is 10.6 Å². The highest BCUT2D eigenvalue weighted by atomic mass is 32.2. The van der Waals surface area contributed by atoms with Crippen molar-refractivity contribution >= 4 is 27.1 Å². The molecule has 2 aliphatic rings. The van der Waals surface area contributed by atoms with Crippen molar-refractivity contribution in [1.29, 1.82) is 0 Å². The summed E-state index contributed by atoms with van der Waals surface area (Å²) in [4.78, 5) is 15.1. The van der Waals surface area contributed by atoms with Crippen LogP contribution >= 0.6 is 0 Å². The van der Waals surface area contributed by atoms with E-state index in [1.165, 1.54) is 0 Å². The molecule has 0 radical (unpaired) electrons. The van der Waals surface area contributed by atoms with Crippen LogP contribution in [0.2, 0.25) is 0 Å². The van der Waals surface area contributed by atoms with Crippen molar-refractivity contribution in [2.45, 2.75) is 48.7 Å². The zero-order valence-corrected chi connectivity index (χ0v) is 16.0. The van der Waals surface area contributed by atoms with E-state index in [-0.39, 0.29) is 11.2 Å². The van der Waals surface area contributed by atoms with Gasteiger partial charge in [-0.3, -0.25) is 4.79 Å².